The van der Waals surface area contributed by atoms with Crippen LogP contribution < -0.4 is 15.2 Å². The Bertz CT molecular complexity index is 710. The van der Waals surface area contributed by atoms with Gasteiger partial charge < -0.3 is 19.9 Å². The minimum atomic E-state index is 0.204. The van der Waals surface area contributed by atoms with Gasteiger partial charge in [-0.05, 0) is 44.0 Å². The molecule has 6 nitrogen and oxygen atoms in total. The highest BCUT2D eigenvalue weighted by atomic mass is 79.9. The van der Waals surface area contributed by atoms with E-state index in [1.165, 1.54) is 0 Å². The first-order valence-corrected chi connectivity index (χ1v) is 7.59. The molecule has 1 aliphatic rings. The lowest BCUT2D eigenvalue weighted by Gasteiger charge is -2.09. The number of methoxy groups -OCH3 is 1. The summed E-state index contributed by atoms with van der Waals surface area (Å²) in [6.45, 7) is 0.543. The van der Waals surface area contributed by atoms with Crippen molar-refractivity contribution in [2.24, 2.45) is 0 Å². The van der Waals surface area contributed by atoms with Gasteiger partial charge in [-0.3, -0.25) is 0 Å². The quantitative estimate of drug-likeness (QED) is 0.827. The molecule has 0 radical (unpaired) electrons. The molecule has 2 N–H and O–H groups in total. The molecule has 0 unspecified atom stereocenters. The van der Waals surface area contributed by atoms with Crippen LogP contribution in [-0.2, 0) is 11.3 Å². The molecule has 0 bridgehead atoms. The Kier molecular flexibility index (Phi) is 4.01. The molecule has 0 saturated carbocycles. The third-order valence-corrected chi connectivity index (χ3v) is 4.36. The van der Waals surface area contributed by atoms with Crippen LogP contribution in [0.25, 0.3) is 11.4 Å². The lowest BCUT2D eigenvalue weighted by Crippen LogP contribution is -2.04. The van der Waals surface area contributed by atoms with Crippen LogP contribution in [0.2, 0.25) is 0 Å². The minimum Gasteiger partial charge on any atom is -0.454 e. The van der Waals surface area contributed by atoms with Gasteiger partial charge in [-0.1, -0.05) is 0 Å². The molecule has 0 aliphatic carbocycles. The molecule has 0 amide bonds. The van der Waals surface area contributed by atoms with E-state index in [-0.39, 0.29) is 6.79 Å². The zero-order chi connectivity index (χ0) is 15.0. The van der Waals surface area contributed by atoms with Crippen LogP contribution >= 0.6 is 31.9 Å². The van der Waals surface area contributed by atoms with Gasteiger partial charge in [-0.2, -0.15) is 0 Å². The van der Waals surface area contributed by atoms with Crippen molar-refractivity contribution in [2.75, 3.05) is 19.6 Å². The Labute approximate surface area is 137 Å². The number of benzene rings is 1. The second-order valence-electron chi connectivity index (χ2n) is 4.32. The molecule has 2 aromatic rings. The molecule has 1 aliphatic heterocycles. The van der Waals surface area contributed by atoms with Crippen molar-refractivity contribution in [1.29, 1.82) is 0 Å². The van der Waals surface area contributed by atoms with Gasteiger partial charge in [0.15, 0.2) is 17.3 Å². The number of rotatable bonds is 3. The summed E-state index contributed by atoms with van der Waals surface area (Å²) in [6.07, 6.45) is 0. The molecule has 8 heteroatoms. The number of ether oxygens (including phenoxy) is 3. The molecular formula is C13H11Br2N3O3. The maximum absolute atomic E-state index is 5.92. The van der Waals surface area contributed by atoms with E-state index in [4.69, 9.17) is 19.9 Å². The topological polar surface area (TPSA) is 79.5 Å². The van der Waals surface area contributed by atoms with E-state index in [2.05, 4.69) is 41.8 Å². The molecule has 3 rings (SSSR count). The Morgan fingerprint density at radius 2 is 2.10 bits per heavy atom. The zero-order valence-corrected chi connectivity index (χ0v) is 14.2. The van der Waals surface area contributed by atoms with Gasteiger partial charge in [0.1, 0.15) is 5.82 Å². The number of nitrogens with zero attached hydrogens (tertiary/aromatic N) is 2. The van der Waals surface area contributed by atoms with Crippen LogP contribution in [0.3, 0.4) is 0 Å². The summed E-state index contributed by atoms with van der Waals surface area (Å²) < 4.78 is 17.3. The van der Waals surface area contributed by atoms with Crippen molar-refractivity contribution in [3.63, 3.8) is 0 Å². The van der Waals surface area contributed by atoms with Crippen molar-refractivity contribution in [1.82, 2.24) is 9.97 Å². The number of hydrogen-bond acceptors (Lipinski definition) is 6. The number of nitrogens with two attached hydrogens (primary N) is 1. The van der Waals surface area contributed by atoms with Gasteiger partial charge in [-0.25, -0.2) is 9.97 Å². The van der Waals surface area contributed by atoms with Crippen LogP contribution in [0.5, 0.6) is 11.5 Å². The SMILES string of the molecule is COCc1nc(-c2cc(Br)c3c(c2)OCO3)nc(N)c1Br. The van der Waals surface area contributed by atoms with Gasteiger partial charge >= 0.3 is 0 Å². The smallest absolute Gasteiger partial charge is 0.231 e. The van der Waals surface area contributed by atoms with E-state index >= 15 is 0 Å². The fourth-order valence-electron chi connectivity index (χ4n) is 1.97. The average molecular weight is 417 g/mol. The highest BCUT2D eigenvalue weighted by Gasteiger charge is 2.20. The maximum Gasteiger partial charge on any atom is 0.231 e. The Hall–Kier alpha value is -1.38. The summed E-state index contributed by atoms with van der Waals surface area (Å²) >= 11 is 6.82. The van der Waals surface area contributed by atoms with E-state index in [1.807, 2.05) is 12.1 Å². The van der Waals surface area contributed by atoms with Gasteiger partial charge in [0.2, 0.25) is 6.79 Å². The molecule has 1 aromatic heterocycles. The number of fused-ring (bicyclic) bond motifs is 1. The predicted octanol–water partition coefficient (Wildman–Crippen LogP) is 3.13. The second kappa shape index (κ2) is 5.78. The summed E-state index contributed by atoms with van der Waals surface area (Å²) in [5.74, 6) is 2.20. The van der Waals surface area contributed by atoms with Crippen molar-refractivity contribution in [2.45, 2.75) is 6.61 Å². The fraction of sp³-hybridized carbons (Fsp3) is 0.231. The number of nitrogen functional groups attached to an aromatic ring is 1. The summed E-state index contributed by atoms with van der Waals surface area (Å²) in [7, 11) is 1.60. The molecule has 0 fully saturated rings. The Morgan fingerprint density at radius 1 is 1.29 bits per heavy atom. The van der Waals surface area contributed by atoms with Gasteiger partial charge in [0, 0.05) is 12.7 Å². The Balaban J connectivity index is 2.10. The van der Waals surface area contributed by atoms with Crippen LogP contribution in [0.4, 0.5) is 5.82 Å². The van der Waals surface area contributed by atoms with Crippen molar-refractivity contribution >= 4 is 37.7 Å². The molecule has 110 valence electrons. The highest BCUT2D eigenvalue weighted by molar-refractivity contribution is 9.11. The van der Waals surface area contributed by atoms with Crippen molar-refractivity contribution in [3.05, 3.63) is 26.8 Å². The molecule has 1 aromatic carbocycles. The van der Waals surface area contributed by atoms with Crippen LogP contribution in [0.15, 0.2) is 21.1 Å². The first kappa shape index (κ1) is 14.6. The third kappa shape index (κ3) is 2.70. The molecule has 0 saturated heterocycles. The predicted molar refractivity (Wildman–Crippen MR) is 84.1 cm³/mol. The fourth-order valence-corrected chi connectivity index (χ4v) is 2.82. The van der Waals surface area contributed by atoms with Gasteiger partial charge in [0.25, 0.3) is 0 Å². The maximum atomic E-state index is 5.92. The lowest BCUT2D eigenvalue weighted by atomic mass is 10.2. The van der Waals surface area contributed by atoms with Gasteiger partial charge in [0.05, 0.1) is 21.2 Å². The number of anilines is 1. The average Bonchev–Trinajstić information content (AvgIpc) is 2.92. The van der Waals surface area contributed by atoms with Crippen molar-refractivity contribution in [3.8, 4) is 22.9 Å². The van der Waals surface area contributed by atoms with Crippen LogP contribution in [0.1, 0.15) is 5.69 Å². The van der Waals surface area contributed by atoms with E-state index in [0.717, 1.165) is 10.0 Å². The molecule has 0 atom stereocenters. The van der Waals surface area contributed by atoms with E-state index < -0.39 is 0 Å². The molecule has 2 heterocycles. The normalized spacial score (nSPS) is 12.7. The summed E-state index contributed by atoms with van der Waals surface area (Å²) in [5.41, 5.74) is 7.39. The summed E-state index contributed by atoms with van der Waals surface area (Å²) in [6, 6.07) is 3.69. The first-order valence-electron chi connectivity index (χ1n) is 6.00. The van der Waals surface area contributed by atoms with Crippen molar-refractivity contribution < 1.29 is 14.2 Å². The van der Waals surface area contributed by atoms with Gasteiger partial charge in [-0.15, -0.1) is 0 Å². The third-order valence-electron chi connectivity index (χ3n) is 2.91. The van der Waals surface area contributed by atoms with E-state index in [1.54, 1.807) is 7.11 Å². The largest absolute Gasteiger partial charge is 0.454 e. The van der Waals surface area contributed by atoms with Crippen LogP contribution in [0, 0.1) is 0 Å². The van der Waals surface area contributed by atoms with E-state index in [0.29, 0.717) is 39.9 Å². The van der Waals surface area contributed by atoms with Crippen LogP contribution in [-0.4, -0.2) is 23.9 Å². The first-order chi connectivity index (χ1) is 10.1. The number of halogens is 2. The molecular weight excluding hydrogens is 406 g/mol. The minimum absolute atomic E-state index is 0.204. The Morgan fingerprint density at radius 3 is 2.86 bits per heavy atom. The summed E-state index contributed by atoms with van der Waals surface area (Å²) in [5, 5.41) is 0. The standard InChI is InChI=1S/C13H11Br2N3O3/c1-19-4-8-10(15)12(16)18-13(17-8)6-2-7(14)11-9(3-6)20-5-21-11/h2-3H,4-5H2,1H3,(H2,16,17,18). The molecule has 0 spiro atoms. The lowest BCUT2D eigenvalue weighted by molar-refractivity contribution is 0.173. The second-order valence-corrected chi connectivity index (χ2v) is 5.97. The highest BCUT2D eigenvalue weighted by Crippen LogP contribution is 2.42. The zero-order valence-electron chi connectivity index (χ0n) is 11.0. The van der Waals surface area contributed by atoms with E-state index in [9.17, 15) is 0 Å². The monoisotopic (exact) mass is 415 g/mol. The summed E-state index contributed by atoms with van der Waals surface area (Å²) in [4.78, 5) is 8.78. The number of aromatic nitrogens is 2. The molecule has 21 heavy (non-hydrogen) atoms. The number of hydrogen-bond donors (Lipinski definition) is 1.